The van der Waals surface area contributed by atoms with E-state index in [1.807, 2.05) is 6.07 Å². The minimum atomic E-state index is -3.82. The number of nitriles is 1. The van der Waals surface area contributed by atoms with Gasteiger partial charge in [-0.3, -0.25) is 0 Å². The van der Waals surface area contributed by atoms with Gasteiger partial charge in [-0.2, -0.15) is 5.26 Å². The highest BCUT2D eigenvalue weighted by Crippen LogP contribution is 2.38. The van der Waals surface area contributed by atoms with Crippen LogP contribution in [-0.2, 0) is 10.0 Å². The lowest BCUT2D eigenvalue weighted by molar-refractivity contribution is 0.590. The summed E-state index contributed by atoms with van der Waals surface area (Å²) in [4.78, 5) is 0.206. The Kier molecular flexibility index (Phi) is 4.18. The average Bonchev–Trinajstić information content (AvgIpc) is 3.02. The van der Waals surface area contributed by atoms with Crippen LogP contribution in [0.1, 0.15) is 18.4 Å². The first kappa shape index (κ1) is 17.6. The largest absolute Gasteiger partial charge is 0.268 e. The molecule has 4 aromatic rings. The van der Waals surface area contributed by atoms with Crippen LogP contribution in [0, 0.1) is 11.3 Å². The molecule has 4 nitrogen and oxygen atoms in total. The van der Waals surface area contributed by atoms with Crippen molar-refractivity contribution in [2.75, 3.05) is 0 Å². The van der Waals surface area contributed by atoms with Crippen LogP contribution < -0.4 is 0 Å². The maximum absolute atomic E-state index is 13.4. The van der Waals surface area contributed by atoms with Crippen LogP contribution in [0.2, 0.25) is 5.02 Å². The summed E-state index contributed by atoms with van der Waals surface area (Å²) < 4.78 is 28.2. The van der Waals surface area contributed by atoms with E-state index in [2.05, 4.69) is 6.07 Å². The van der Waals surface area contributed by atoms with Crippen LogP contribution in [0.3, 0.4) is 0 Å². The molecule has 1 atom stereocenters. The molecule has 134 valence electrons. The van der Waals surface area contributed by atoms with E-state index < -0.39 is 10.0 Å². The summed E-state index contributed by atoms with van der Waals surface area (Å²) in [7, 11) is -3.82. The third-order valence-corrected chi connectivity index (χ3v) is 6.66. The van der Waals surface area contributed by atoms with Crippen molar-refractivity contribution < 1.29 is 8.42 Å². The Morgan fingerprint density at radius 2 is 1.74 bits per heavy atom. The molecule has 0 aliphatic carbocycles. The highest BCUT2D eigenvalue weighted by Gasteiger charge is 2.25. The van der Waals surface area contributed by atoms with Gasteiger partial charge in [-0.1, -0.05) is 41.9 Å². The molecule has 6 heteroatoms. The molecule has 1 aromatic heterocycles. The molecular weight excluding hydrogens is 380 g/mol. The summed E-state index contributed by atoms with van der Waals surface area (Å²) >= 11 is 6.20. The number of hydrogen-bond acceptors (Lipinski definition) is 3. The number of hydrogen-bond donors (Lipinski definition) is 0. The fourth-order valence-electron chi connectivity index (χ4n) is 3.42. The second-order valence-electron chi connectivity index (χ2n) is 6.34. The zero-order valence-corrected chi connectivity index (χ0v) is 16.0. The molecule has 1 heterocycles. The Labute approximate surface area is 162 Å². The summed E-state index contributed by atoms with van der Waals surface area (Å²) in [5, 5.41) is 11.4. The molecule has 0 amide bonds. The zero-order chi connectivity index (χ0) is 19.2. The fraction of sp³-hybridized carbons (Fsp3) is 0.0952. The number of fused-ring (bicyclic) bond motifs is 3. The van der Waals surface area contributed by atoms with Crippen LogP contribution >= 0.6 is 11.6 Å². The maximum atomic E-state index is 13.4. The van der Waals surface area contributed by atoms with Crippen LogP contribution in [0.5, 0.6) is 0 Å². The molecule has 0 bridgehead atoms. The van der Waals surface area contributed by atoms with E-state index in [9.17, 15) is 13.7 Å². The molecule has 0 radical (unpaired) electrons. The van der Waals surface area contributed by atoms with E-state index in [1.54, 1.807) is 67.6 Å². The Bertz CT molecular complexity index is 1320. The Morgan fingerprint density at radius 1 is 1.00 bits per heavy atom. The van der Waals surface area contributed by atoms with E-state index >= 15 is 0 Å². The number of benzene rings is 3. The molecule has 4 rings (SSSR count). The second-order valence-corrected chi connectivity index (χ2v) is 8.56. The molecule has 0 fully saturated rings. The lowest BCUT2D eigenvalue weighted by atomic mass is 9.97. The van der Waals surface area contributed by atoms with Crippen molar-refractivity contribution in [1.82, 2.24) is 3.97 Å². The van der Waals surface area contributed by atoms with Gasteiger partial charge in [0.25, 0.3) is 10.0 Å². The molecule has 27 heavy (non-hydrogen) atoms. The lowest BCUT2D eigenvalue weighted by Gasteiger charge is -2.10. The van der Waals surface area contributed by atoms with Crippen LogP contribution in [-0.4, -0.2) is 12.4 Å². The molecule has 0 saturated heterocycles. The summed E-state index contributed by atoms with van der Waals surface area (Å²) in [5.74, 6) is -0.383. The fourth-order valence-corrected chi connectivity index (χ4v) is 5.14. The van der Waals surface area contributed by atoms with Crippen molar-refractivity contribution >= 4 is 43.4 Å². The summed E-state index contributed by atoms with van der Waals surface area (Å²) in [5.41, 5.74) is 1.86. The number of nitrogens with zero attached hydrogens (tertiary/aromatic N) is 2. The normalized spacial score (nSPS) is 12.9. The lowest BCUT2D eigenvalue weighted by Crippen LogP contribution is -2.12. The van der Waals surface area contributed by atoms with Crippen molar-refractivity contribution in [3.05, 3.63) is 77.3 Å². The summed E-state index contributed by atoms with van der Waals surface area (Å²) in [6, 6.07) is 21.1. The summed E-state index contributed by atoms with van der Waals surface area (Å²) in [6.45, 7) is 1.80. The zero-order valence-electron chi connectivity index (χ0n) is 14.4. The van der Waals surface area contributed by atoms with Gasteiger partial charge in [0.1, 0.15) is 0 Å². The van der Waals surface area contributed by atoms with Gasteiger partial charge in [-0.05, 0) is 48.9 Å². The Morgan fingerprint density at radius 3 is 2.44 bits per heavy atom. The van der Waals surface area contributed by atoms with Gasteiger partial charge in [0, 0.05) is 15.8 Å². The van der Waals surface area contributed by atoms with Gasteiger partial charge < -0.3 is 0 Å². The van der Waals surface area contributed by atoms with E-state index in [-0.39, 0.29) is 10.8 Å². The quantitative estimate of drug-likeness (QED) is 0.473. The average molecular weight is 395 g/mol. The molecule has 0 unspecified atom stereocenters. The molecular formula is C21H15ClN2O2S. The monoisotopic (exact) mass is 394 g/mol. The highest BCUT2D eigenvalue weighted by atomic mass is 35.5. The molecule has 0 N–H and O–H groups in total. The Hall–Kier alpha value is -2.81. The highest BCUT2D eigenvalue weighted by molar-refractivity contribution is 7.90. The molecule has 0 aliphatic rings. The minimum absolute atomic E-state index is 0.206. The van der Waals surface area contributed by atoms with Crippen LogP contribution in [0.4, 0.5) is 0 Å². The number of halogens is 1. The predicted octanol–water partition coefficient (Wildman–Crippen LogP) is 5.31. The van der Waals surface area contributed by atoms with Gasteiger partial charge in [-0.15, -0.1) is 0 Å². The van der Waals surface area contributed by atoms with Crippen molar-refractivity contribution in [2.24, 2.45) is 0 Å². The van der Waals surface area contributed by atoms with E-state index in [4.69, 9.17) is 11.6 Å². The molecule has 0 spiro atoms. The van der Waals surface area contributed by atoms with Crippen molar-refractivity contribution in [3.8, 4) is 6.07 Å². The van der Waals surface area contributed by atoms with Gasteiger partial charge in [-0.25, -0.2) is 12.4 Å². The van der Waals surface area contributed by atoms with Crippen molar-refractivity contribution in [3.63, 3.8) is 0 Å². The SMILES string of the molecule is C[C@H](C#N)c1cccc2c1c1cc(Cl)ccc1n2S(=O)(=O)c1ccccc1. The van der Waals surface area contributed by atoms with Gasteiger partial charge in [0.2, 0.25) is 0 Å². The smallest absolute Gasteiger partial charge is 0.233 e. The van der Waals surface area contributed by atoms with Crippen LogP contribution in [0.25, 0.3) is 21.8 Å². The van der Waals surface area contributed by atoms with Crippen molar-refractivity contribution in [2.45, 2.75) is 17.7 Å². The summed E-state index contributed by atoms with van der Waals surface area (Å²) in [6.07, 6.45) is 0. The van der Waals surface area contributed by atoms with E-state index in [0.29, 0.717) is 16.1 Å². The minimum Gasteiger partial charge on any atom is -0.233 e. The standard InChI is InChI=1S/C21H15ClN2O2S/c1-14(13-23)17-8-5-9-20-21(17)18-12-15(22)10-11-19(18)24(20)27(25,26)16-6-3-2-4-7-16/h2-12,14H,1H3/t14-/m1/s1. The van der Waals surface area contributed by atoms with Gasteiger partial charge >= 0.3 is 0 Å². The first-order valence-electron chi connectivity index (χ1n) is 8.38. The topological polar surface area (TPSA) is 62.9 Å². The number of aromatic nitrogens is 1. The number of rotatable bonds is 3. The van der Waals surface area contributed by atoms with Crippen LogP contribution in [0.15, 0.2) is 71.6 Å². The van der Waals surface area contributed by atoms with Gasteiger partial charge in [0.05, 0.1) is 27.9 Å². The molecule has 3 aromatic carbocycles. The second kappa shape index (κ2) is 6.41. The van der Waals surface area contributed by atoms with Gasteiger partial charge in [0.15, 0.2) is 0 Å². The van der Waals surface area contributed by atoms with E-state index in [0.717, 1.165) is 16.3 Å². The van der Waals surface area contributed by atoms with Crippen molar-refractivity contribution in [1.29, 1.82) is 5.26 Å². The first-order valence-corrected chi connectivity index (χ1v) is 10.2. The third-order valence-electron chi connectivity index (χ3n) is 4.68. The predicted molar refractivity (Wildman–Crippen MR) is 108 cm³/mol. The molecule has 0 saturated carbocycles. The third kappa shape index (κ3) is 2.69. The van der Waals surface area contributed by atoms with E-state index in [1.165, 1.54) is 3.97 Å². The Balaban J connectivity index is 2.21. The molecule has 0 aliphatic heterocycles. The first-order chi connectivity index (χ1) is 12.9. The maximum Gasteiger partial charge on any atom is 0.268 e.